The van der Waals surface area contributed by atoms with Gasteiger partial charge in [-0.2, -0.15) is 0 Å². The normalized spacial score (nSPS) is 34.2. The van der Waals surface area contributed by atoms with Gasteiger partial charge in [0.2, 0.25) is 6.29 Å². The second-order valence-electron chi connectivity index (χ2n) is 15.1. The Morgan fingerprint density at radius 1 is 0.603 bits per heavy atom. The Hall–Kier alpha value is -5.31. The lowest BCUT2D eigenvalue weighted by atomic mass is 9.97. The molecule has 0 radical (unpaired) electrons. The Morgan fingerprint density at radius 2 is 1.25 bits per heavy atom. The number of aliphatic hydroxyl groups is 8. The maximum atomic E-state index is 12.4. The van der Waals surface area contributed by atoms with Crippen molar-refractivity contribution in [2.75, 3.05) is 19.8 Å². The standard InChI is InChI=1S/C41H46O22/c42-18-5-1-16(2-6-18)3-8-29(47)56-13-27-30(48)33(51)36(54)40(62-27)58-15-28-31(49)34(52)38(57-14-26-32(50)35(53)39(55)60-26)41(63-28)61-25-12-20-22(45)10-19(43)11-24(20)59-37(25)17-4-7-21(44)23(46)9-17/h1-12,26-28,30-46,48-55H,13-15H2. The summed E-state index contributed by atoms with van der Waals surface area (Å²) in [7, 11) is 0. The molecule has 13 N–H and O–H groups in total. The van der Waals surface area contributed by atoms with E-state index in [0.717, 1.165) is 24.3 Å². The van der Waals surface area contributed by atoms with E-state index in [0.29, 0.717) is 5.56 Å². The van der Waals surface area contributed by atoms with Crippen LogP contribution in [0.25, 0.3) is 12.2 Å². The molecule has 7 rings (SSSR count). The van der Waals surface area contributed by atoms with Crippen molar-refractivity contribution in [2.45, 2.75) is 92.1 Å². The molecule has 22 nitrogen and oxygen atoms in total. The molecule has 4 aliphatic heterocycles. The van der Waals surface area contributed by atoms with Gasteiger partial charge in [0.15, 0.2) is 30.2 Å². The monoisotopic (exact) mass is 890 g/mol. The Labute approximate surface area is 356 Å². The highest BCUT2D eigenvalue weighted by molar-refractivity contribution is 5.87. The zero-order valence-corrected chi connectivity index (χ0v) is 32.7. The zero-order chi connectivity index (χ0) is 45.3. The molecular weight excluding hydrogens is 844 g/mol. The van der Waals surface area contributed by atoms with Crippen LogP contribution in [0, 0.1) is 0 Å². The van der Waals surface area contributed by atoms with E-state index in [4.69, 9.17) is 37.9 Å². The number of aliphatic hydroxyl groups excluding tert-OH is 8. The van der Waals surface area contributed by atoms with Crippen LogP contribution in [0.1, 0.15) is 22.8 Å². The molecule has 15 atom stereocenters. The number of ether oxygens (including phenoxy) is 8. The summed E-state index contributed by atoms with van der Waals surface area (Å²) in [5, 5.41) is 136. The van der Waals surface area contributed by atoms with E-state index in [1.807, 2.05) is 0 Å². The van der Waals surface area contributed by atoms with E-state index in [2.05, 4.69) is 0 Å². The third-order valence-corrected chi connectivity index (χ3v) is 10.7. The summed E-state index contributed by atoms with van der Waals surface area (Å²) in [5.41, 5.74) is 0.711. The van der Waals surface area contributed by atoms with Gasteiger partial charge in [0, 0.05) is 23.8 Å². The third kappa shape index (κ3) is 10.1. The molecule has 3 fully saturated rings. The second-order valence-corrected chi connectivity index (χ2v) is 15.1. The smallest absolute Gasteiger partial charge is 0.330 e. The summed E-state index contributed by atoms with van der Waals surface area (Å²) in [6, 6.07) is 11.7. The van der Waals surface area contributed by atoms with Crippen molar-refractivity contribution in [3.8, 4) is 34.5 Å². The minimum Gasteiger partial charge on any atom is -0.508 e. The van der Waals surface area contributed by atoms with Crippen LogP contribution in [0.15, 0.2) is 66.4 Å². The van der Waals surface area contributed by atoms with Crippen LogP contribution in [0.3, 0.4) is 0 Å². The molecule has 0 aromatic heterocycles. The molecule has 342 valence electrons. The number of carbonyl (C=O) groups excluding carboxylic acids is 1. The van der Waals surface area contributed by atoms with Crippen LogP contribution in [0.4, 0.5) is 0 Å². The second kappa shape index (κ2) is 19.2. The number of hydrogen-bond acceptors (Lipinski definition) is 22. The first kappa shape index (κ1) is 45.7. The van der Waals surface area contributed by atoms with Crippen LogP contribution >= 0.6 is 0 Å². The Bertz CT molecular complexity index is 2130. The van der Waals surface area contributed by atoms with Gasteiger partial charge in [-0.1, -0.05) is 18.2 Å². The molecule has 0 amide bonds. The van der Waals surface area contributed by atoms with Gasteiger partial charge in [0.25, 0.3) is 0 Å². The van der Waals surface area contributed by atoms with Crippen LogP contribution in [0.2, 0.25) is 0 Å². The number of rotatable bonds is 13. The molecule has 0 bridgehead atoms. The minimum absolute atomic E-state index is 0.000903. The van der Waals surface area contributed by atoms with E-state index in [1.54, 1.807) is 0 Å². The number of hydrogen-bond donors (Lipinski definition) is 13. The Morgan fingerprint density at radius 3 is 1.95 bits per heavy atom. The number of carbonyl (C=O) groups is 1. The van der Waals surface area contributed by atoms with Crippen molar-refractivity contribution in [2.24, 2.45) is 0 Å². The molecule has 3 aromatic rings. The van der Waals surface area contributed by atoms with Gasteiger partial charge in [-0.25, -0.2) is 4.79 Å². The first-order valence-corrected chi connectivity index (χ1v) is 19.4. The SMILES string of the molecule is O=C(C=Cc1ccc(O)cc1)OCC1OC(OCC2OC(OC3=Cc4c(O)cc(O)cc4OC3c3ccc(O)c(O)c3)C(OCC3OC(O)C(O)C3O)C(O)C2O)C(O)C(O)C1O. The minimum atomic E-state index is -1.93. The van der Waals surface area contributed by atoms with Gasteiger partial charge in [0.1, 0.15) is 103 Å². The predicted octanol–water partition coefficient (Wildman–Crippen LogP) is -1.94. The highest BCUT2D eigenvalue weighted by Crippen LogP contribution is 2.45. The number of fused-ring (bicyclic) bond motifs is 1. The predicted molar refractivity (Wildman–Crippen MR) is 206 cm³/mol. The molecule has 0 saturated carbocycles. The Balaban J connectivity index is 1.10. The van der Waals surface area contributed by atoms with Crippen LogP contribution < -0.4 is 4.74 Å². The lowest BCUT2D eigenvalue weighted by molar-refractivity contribution is -0.333. The zero-order valence-electron chi connectivity index (χ0n) is 32.7. The summed E-state index contributed by atoms with van der Waals surface area (Å²) < 4.78 is 45.9. The summed E-state index contributed by atoms with van der Waals surface area (Å²) in [6.45, 7) is -1.97. The highest BCUT2D eigenvalue weighted by atomic mass is 16.7. The van der Waals surface area contributed by atoms with Crippen molar-refractivity contribution in [1.82, 2.24) is 0 Å². The summed E-state index contributed by atoms with van der Waals surface area (Å²) in [5.74, 6) is -2.95. The largest absolute Gasteiger partial charge is 0.508 e. The maximum absolute atomic E-state index is 12.4. The molecule has 15 unspecified atom stereocenters. The molecule has 0 aliphatic carbocycles. The van der Waals surface area contributed by atoms with E-state index in [1.165, 1.54) is 48.6 Å². The van der Waals surface area contributed by atoms with Gasteiger partial charge >= 0.3 is 5.97 Å². The summed E-state index contributed by atoms with van der Waals surface area (Å²) in [4.78, 5) is 12.4. The first-order valence-electron chi connectivity index (χ1n) is 19.4. The lowest BCUT2D eigenvalue weighted by Gasteiger charge is -2.44. The van der Waals surface area contributed by atoms with Crippen molar-refractivity contribution in [1.29, 1.82) is 0 Å². The topological polar surface area (TPSA) is 354 Å². The number of phenolic OH excluding ortho intramolecular Hbond substituents is 5. The van der Waals surface area contributed by atoms with Crippen molar-refractivity contribution < 1.29 is 109 Å². The third-order valence-electron chi connectivity index (χ3n) is 10.7. The van der Waals surface area contributed by atoms with E-state index < -0.39 is 135 Å². The number of aromatic hydroxyl groups is 5. The fraction of sp³-hybridized carbons (Fsp3) is 0.439. The number of phenols is 5. The fourth-order valence-corrected chi connectivity index (χ4v) is 7.14. The number of benzene rings is 3. The Kier molecular flexibility index (Phi) is 13.9. The van der Waals surface area contributed by atoms with Gasteiger partial charge in [0.05, 0.1) is 18.8 Å². The van der Waals surface area contributed by atoms with Crippen molar-refractivity contribution in [3.63, 3.8) is 0 Å². The maximum Gasteiger partial charge on any atom is 0.330 e. The lowest BCUT2D eigenvalue weighted by Crippen LogP contribution is -2.62. The molecule has 63 heavy (non-hydrogen) atoms. The number of esters is 1. The molecule has 4 aliphatic rings. The van der Waals surface area contributed by atoms with E-state index in [-0.39, 0.29) is 34.1 Å². The molecule has 0 spiro atoms. The van der Waals surface area contributed by atoms with E-state index >= 15 is 0 Å². The van der Waals surface area contributed by atoms with Crippen molar-refractivity contribution in [3.05, 3.63) is 83.1 Å². The van der Waals surface area contributed by atoms with Crippen LogP contribution in [0.5, 0.6) is 34.5 Å². The first-order chi connectivity index (χ1) is 30.0. The van der Waals surface area contributed by atoms with Gasteiger partial charge in [-0.05, 0) is 42.0 Å². The molecule has 22 heteroatoms. The summed E-state index contributed by atoms with van der Waals surface area (Å²) >= 11 is 0. The highest BCUT2D eigenvalue weighted by Gasteiger charge is 2.51. The fourth-order valence-electron chi connectivity index (χ4n) is 7.14. The van der Waals surface area contributed by atoms with Crippen molar-refractivity contribution >= 4 is 18.1 Å². The quantitative estimate of drug-likeness (QED) is 0.0504. The van der Waals surface area contributed by atoms with Crippen LogP contribution in [-0.4, -0.2) is 178 Å². The van der Waals surface area contributed by atoms with Crippen LogP contribution in [-0.2, 0) is 38.0 Å². The van der Waals surface area contributed by atoms with Gasteiger partial charge in [-0.3, -0.25) is 0 Å². The summed E-state index contributed by atoms with van der Waals surface area (Å²) in [6.07, 6.45) is -21.7. The molecule has 3 saturated heterocycles. The van der Waals surface area contributed by atoms with E-state index in [9.17, 15) is 71.2 Å². The average Bonchev–Trinajstić information content (AvgIpc) is 3.50. The van der Waals surface area contributed by atoms with Gasteiger partial charge in [-0.15, -0.1) is 0 Å². The average molecular weight is 891 g/mol. The molecule has 3 aromatic carbocycles. The van der Waals surface area contributed by atoms with Gasteiger partial charge < -0.3 is 104 Å². The molecule has 4 heterocycles. The molecular formula is C41H46O22.